The maximum absolute atomic E-state index is 13.1. The lowest BCUT2D eigenvalue weighted by Crippen LogP contribution is -2.52. The Balaban J connectivity index is 1.59. The largest absolute Gasteiger partial charge is 0.471 e. The van der Waals surface area contributed by atoms with Gasteiger partial charge in [-0.2, -0.15) is 26.3 Å². The molecule has 166 valence electrons. The number of rotatable bonds is 6. The normalized spacial score (nSPS) is 15.2. The third-order valence-corrected chi connectivity index (χ3v) is 4.71. The molecule has 3 rings (SSSR count). The van der Waals surface area contributed by atoms with Crippen LogP contribution in [0.15, 0.2) is 48.5 Å². The molecule has 0 atom stereocenters. The summed E-state index contributed by atoms with van der Waals surface area (Å²) in [6, 6.07) is 11.1. The molecule has 2 aromatic carbocycles. The van der Waals surface area contributed by atoms with Crippen molar-refractivity contribution >= 4 is 23.2 Å². The molecule has 0 aliphatic heterocycles. The summed E-state index contributed by atoms with van der Waals surface area (Å²) in [6.45, 7) is -0.0259. The van der Waals surface area contributed by atoms with Crippen molar-refractivity contribution in [1.29, 1.82) is 0 Å². The molecule has 0 bridgehead atoms. The first-order valence-electron chi connectivity index (χ1n) is 9.11. The van der Waals surface area contributed by atoms with Gasteiger partial charge in [0.25, 0.3) is 0 Å². The highest BCUT2D eigenvalue weighted by atomic mass is 19.4. The number of anilines is 2. The summed E-state index contributed by atoms with van der Waals surface area (Å²) in [5.74, 6) is -2.90. The van der Waals surface area contributed by atoms with E-state index in [4.69, 9.17) is 0 Å². The molecule has 1 fully saturated rings. The molecule has 2 amide bonds. The van der Waals surface area contributed by atoms with Crippen LogP contribution in [-0.4, -0.2) is 23.5 Å². The van der Waals surface area contributed by atoms with Crippen LogP contribution >= 0.6 is 0 Å². The van der Waals surface area contributed by atoms with E-state index in [1.165, 1.54) is 30.3 Å². The lowest BCUT2D eigenvalue weighted by Gasteiger charge is -2.18. The molecule has 0 unspecified atom stereocenters. The topological polar surface area (TPSA) is 70.2 Å². The summed E-state index contributed by atoms with van der Waals surface area (Å²) >= 11 is 0. The van der Waals surface area contributed by atoms with Crippen LogP contribution in [0.1, 0.15) is 24.0 Å². The SMILES string of the molecule is O=C(NC1(C(=O)NCc2ccc(Nc3ccccc3C(F)(F)F)cc2)CC1)C(F)(F)F. The van der Waals surface area contributed by atoms with Crippen LogP contribution in [0, 0.1) is 0 Å². The van der Waals surface area contributed by atoms with Gasteiger partial charge < -0.3 is 16.0 Å². The summed E-state index contributed by atoms with van der Waals surface area (Å²) in [5.41, 5.74) is -1.55. The van der Waals surface area contributed by atoms with Crippen molar-refractivity contribution in [1.82, 2.24) is 10.6 Å². The summed E-state index contributed by atoms with van der Waals surface area (Å²) in [4.78, 5) is 23.3. The molecular formula is C20H17F6N3O2. The number of carbonyl (C=O) groups excluding carboxylic acids is 2. The number of hydrogen-bond donors (Lipinski definition) is 3. The second kappa shape index (κ2) is 8.12. The van der Waals surface area contributed by atoms with Crippen molar-refractivity contribution in [3.63, 3.8) is 0 Å². The van der Waals surface area contributed by atoms with E-state index < -0.39 is 35.3 Å². The van der Waals surface area contributed by atoms with E-state index in [9.17, 15) is 35.9 Å². The van der Waals surface area contributed by atoms with Crippen LogP contribution in [0.2, 0.25) is 0 Å². The number of para-hydroxylation sites is 1. The Bertz CT molecular complexity index is 966. The molecule has 2 aromatic rings. The molecule has 31 heavy (non-hydrogen) atoms. The molecule has 1 saturated carbocycles. The number of alkyl halides is 6. The highest BCUT2D eigenvalue weighted by Crippen LogP contribution is 2.37. The van der Waals surface area contributed by atoms with E-state index in [2.05, 4.69) is 10.6 Å². The maximum atomic E-state index is 13.1. The zero-order valence-corrected chi connectivity index (χ0v) is 15.8. The minimum atomic E-state index is -5.08. The lowest BCUT2D eigenvalue weighted by atomic mass is 10.1. The van der Waals surface area contributed by atoms with Crippen molar-refractivity contribution in [3.8, 4) is 0 Å². The van der Waals surface area contributed by atoms with E-state index >= 15 is 0 Å². The third kappa shape index (κ3) is 5.47. The minimum absolute atomic E-state index is 0.0259. The van der Waals surface area contributed by atoms with Crippen LogP contribution < -0.4 is 16.0 Å². The van der Waals surface area contributed by atoms with Crippen LogP contribution in [0.5, 0.6) is 0 Å². The molecule has 0 heterocycles. The van der Waals surface area contributed by atoms with Gasteiger partial charge in [-0.05, 0) is 42.7 Å². The fourth-order valence-corrected chi connectivity index (χ4v) is 2.87. The highest BCUT2D eigenvalue weighted by Gasteiger charge is 2.54. The molecule has 0 aromatic heterocycles. The van der Waals surface area contributed by atoms with Gasteiger partial charge in [0.2, 0.25) is 5.91 Å². The molecular weight excluding hydrogens is 428 g/mol. The lowest BCUT2D eigenvalue weighted by molar-refractivity contribution is -0.175. The van der Waals surface area contributed by atoms with Gasteiger partial charge in [0.15, 0.2) is 0 Å². The quantitative estimate of drug-likeness (QED) is 0.582. The zero-order valence-electron chi connectivity index (χ0n) is 15.8. The summed E-state index contributed by atoms with van der Waals surface area (Å²) < 4.78 is 76.4. The molecule has 1 aliphatic carbocycles. The second-order valence-corrected chi connectivity index (χ2v) is 7.08. The van der Waals surface area contributed by atoms with Gasteiger partial charge in [-0.15, -0.1) is 0 Å². The van der Waals surface area contributed by atoms with Crippen LogP contribution in [0.4, 0.5) is 37.7 Å². The Morgan fingerprint density at radius 3 is 2.06 bits per heavy atom. The highest BCUT2D eigenvalue weighted by molar-refractivity contribution is 5.95. The fraction of sp³-hybridized carbons (Fsp3) is 0.300. The third-order valence-electron chi connectivity index (χ3n) is 4.71. The van der Waals surface area contributed by atoms with Crippen molar-refractivity contribution in [2.24, 2.45) is 0 Å². The Hall–Kier alpha value is -3.24. The van der Waals surface area contributed by atoms with Gasteiger partial charge >= 0.3 is 18.3 Å². The van der Waals surface area contributed by atoms with Crippen LogP contribution in [-0.2, 0) is 22.3 Å². The zero-order chi connectivity index (χ0) is 22.9. The van der Waals surface area contributed by atoms with E-state index in [1.807, 2.05) is 0 Å². The molecule has 0 spiro atoms. The standard InChI is InChI=1S/C20H17F6N3O2/c21-19(22,23)14-3-1-2-4-15(14)28-13-7-5-12(6-8-13)11-27-16(30)18(9-10-18)29-17(31)20(24,25)26/h1-8,28H,9-11H2,(H,27,30)(H,29,31). The minimum Gasteiger partial charge on any atom is -0.355 e. The van der Waals surface area contributed by atoms with Gasteiger partial charge in [0, 0.05) is 12.2 Å². The van der Waals surface area contributed by atoms with Gasteiger partial charge in [0.05, 0.1) is 11.3 Å². The van der Waals surface area contributed by atoms with Crippen molar-refractivity contribution < 1.29 is 35.9 Å². The Morgan fingerprint density at radius 1 is 0.903 bits per heavy atom. The van der Waals surface area contributed by atoms with E-state index in [0.29, 0.717) is 11.3 Å². The van der Waals surface area contributed by atoms with Crippen molar-refractivity contribution in [3.05, 3.63) is 59.7 Å². The average molecular weight is 445 g/mol. The average Bonchev–Trinajstić information content (AvgIpc) is 3.47. The molecule has 0 radical (unpaired) electrons. The van der Waals surface area contributed by atoms with Gasteiger partial charge in [-0.25, -0.2) is 0 Å². The molecule has 0 saturated heterocycles. The van der Waals surface area contributed by atoms with Crippen molar-refractivity contribution in [2.75, 3.05) is 5.32 Å². The van der Waals surface area contributed by atoms with Crippen molar-refractivity contribution in [2.45, 2.75) is 37.3 Å². The number of carbonyl (C=O) groups is 2. The predicted octanol–water partition coefficient (Wildman–Crippen LogP) is 4.28. The number of hydrogen-bond acceptors (Lipinski definition) is 3. The first kappa shape index (κ1) is 22.4. The van der Waals surface area contributed by atoms with Gasteiger partial charge in [-0.3, -0.25) is 9.59 Å². The second-order valence-electron chi connectivity index (χ2n) is 7.08. The molecule has 5 nitrogen and oxygen atoms in total. The van der Waals surface area contributed by atoms with Crippen LogP contribution in [0.3, 0.4) is 0 Å². The Morgan fingerprint density at radius 2 is 1.52 bits per heavy atom. The summed E-state index contributed by atoms with van der Waals surface area (Å²) in [6.07, 6.45) is -9.40. The number of benzene rings is 2. The smallest absolute Gasteiger partial charge is 0.355 e. The number of amides is 2. The monoisotopic (exact) mass is 445 g/mol. The molecule has 1 aliphatic rings. The summed E-state index contributed by atoms with van der Waals surface area (Å²) in [5, 5.41) is 6.87. The first-order valence-corrected chi connectivity index (χ1v) is 9.11. The fourth-order valence-electron chi connectivity index (χ4n) is 2.87. The van der Waals surface area contributed by atoms with Gasteiger partial charge in [0.1, 0.15) is 5.54 Å². The molecule has 11 heteroatoms. The Labute approximate surface area is 172 Å². The van der Waals surface area contributed by atoms with E-state index in [1.54, 1.807) is 17.4 Å². The summed E-state index contributed by atoms with van der Waals surface area (Å²) in [7, 11) is 0. The first-order chi connectivity index (χ1) is 14.4. The van der Waals surface area contributed by atoms with Crippen LogP contribution in [0.25, 0.3) is 0 Å². The number of halogens is 6. The maximum Gasteiger partial charge on any atom is 0.471 e. The van der Waals surface area contributed by atoms with E-state index in [-0.39, 0.29) is 25.1 Å². The molecule has 3 N–H and O–H groups in total. The van der Waals surface area contributed by atoms with Gasteiger partial charge in [-0.1, -0.05) is 24.3 Å². The van der Waals surface area contributed by atoms with E-state index in [0.717, 1.165) is 6.07 Å². The predicted molar refractivity (Wildman–Crippen MR) is 99.2 cm³/mol. The Kier molecular flexibility index (Phi) is 5.88. The number of nitrogens with one attached hydrogen (secondary N) is 3.